The van der Waals surface area contributed by atoms with Crippen LogP contribution in [0.5, 0.6) is 0 Å². The zero-order chi connectivity index (χ0) is 11.1. The molecule has 4 heteroatoms. The first-order valence-corrected chi connectivity index (χ1v) is 7.11. The maximum Gasteiger partial charge on any atom is 0.320 e. The average molecular weight is 231 g/mol. The van der Waals surface area contributed by atoms with E-state index in [-0.39, 0.29) is 6.04 Å². The first-order valence-electron chi connectivity index (χ1n) is 5.72. The molecule has 1 aliphatic rings. The smallest absolute Gasteiger partial charge is 0.320 e. The van der Waals surface area contributed by atoms with Crippen LogP contribution in [0, 0.1) is 0 Å². The summed E-state index contributed by atoms with van der Waals surface area (Å²) in [5, 5.41) is 12.3. The molecule has 3 nitrogen and oxygen atoms in total. The van der Waals surface area contributed by atoms with Gasteiger partial charge in [-0.25, -0.2) is 0 Å². The van der Waals surface area contributed by atoms with Gasteiger partial charge in [0.15, 0.2) is 0 Å². The molecular formula is C11H21NO2S. The Morgan fingerprint density at radius 1 is 1.53 bits per heavy atom. The quantitative estimate of drug-likeness (QED) is 0.659. The Morgan fingerprint density at radius 2 is 2.20 bits per heavy atom. The molecule has 0 heterocycles. The van der Waals surface area contributed by atoms with Crippen LogP contribution in [0.3, 0.4) is 0 Å². The van der Waals surface area contributed by atoms with E-state index in [2.05, 4.69) is 11.6 Å². The molecule has 88 valence electrons. The van der Waals surface area contributed by atoms with Gasteiger partial charge < -0.3 is 10.4 Å². The molecule has 0 aromatic rings. The molecular weight excluding hydrogens is 210 g/mol. The number of rotatable bonds is 7. The van der Waals surface area contributed by atoms with Crippen LogP contribution in [0.2, 0.25) is 0 Å². The summed E-state index contributed by atoms with van der Waals surface area (Å²) >= 11 is 1.78. The minimum atomic E-state index is -0.692. The molecule has 1 rings (SSSR count). The Morgan fingerprint density at radius 3 is 2.73 bits per heavy atom. The van der Waals surface area contributed by atoms with Gasteiger partial charge in [0.1, 0.15) is 6.04 Å². The fraction of sp³-hybridized carbons (Fsp3) is 0.909. The number of thioether (sulfide) groups is 1. The molecule has 1 atom stereocenters. The fourth-order valence-corrected chi connectivity index (χ4v) is 2.54. The average Bonchev–Trinajstić information content (AvgIpc) is 2.69. The molecule has 2 N–H and O–H groups in total. The van der Waals surface area contributed by atoms with Gasteiger partial charge in [0.25, 0.3) is 0 Å². The maximum atomic E-state index is 11.0. The molecule has 0 bridgehead atoms. The maximum absolute atomic E-state index is 11.0. The number of nitrogens with one attached hydrogen (secondary N) is 1. The molecule has 1 fully saturated rings. The zero-order valence-electron chi connectivity index (χ0n) is 9.37. The van der Waals surface area contributed by atoms with Crippen LogP contribution < -0.4 is 5.32 Å². The summed E-state index contributed by atoms with van der Waals surface area (Å²) in [6.45, 7) is 0. The van der Waals surface area contributed by atoms with Crippen molar-refractivity contribution in [2.24, 2.45) is 0 Å². The standard InChI is InChI=1S/C11H21NO2S/c1-15-8-4-7-10(11(13)14)12-9-5-2-3-6-9/h9-10,12H,2-8H2,1H3,(H,13,14). The third-order valence-electron chi connectivity index (χ3n) is 2.93. The molecule has 15 heavy (non-hydrogen) atoms. The Hall–Kier alpha value is -0.220. The van der Waals surface area contributed by atoms with Gasteiger partial charge in [-0.1, -0.05) is 12.8 Å². The molecule has 0 aromatic heterocycles. The van der Waals surface area contributed by atoms with E-state index in [4.69, 9.17) is 5.11 Å². The number of hydrogen-bond donors (Lipinski definition) is 2. The Kier molecular flexibility index (Phi) is 6.10. The summed E-state index contributed by atoms with van der Waals surface area (Å²) in [4.78, 5) is 11.0. The van der Waals surface area contributed by atoms with Crippen molar-refractivity contribution >= 4 is 17.7 Å². The van der Waals surface area contributed by atoms with Crippen molar-refractivity contribution in [1.82, 2.24) is 5.32 Å². The number of aliphatic carboxylic acids is 1. The molecule has 0 aromatic carbocycles. The second-order valence-electron chi connectivity index (χ2n) is 4.17. The third-order valence-corrected chi connectivity index (χ3v) is 3.63. The highest BCUT2D eigenvalue weighted by Gasteiger charge is 2.23. The first-order chi connectivity index (χ1) is 7.24. The Labute approximate surface area is 96.0 Å². The van der Waals surface area contributed by atoms with Crippen LogP contribution in [0.1, 0.15) is 38.5 Å². The van der Waals surface area contributed by atoms with Gasteiger partial charge in [0.2, 0.25) is 0 Å². The molecule has 0 spiro atoms. The van der Waals surface area contributed by atoms with Crippen LogP contribution in [0.25, 0.3) is 0 Å². The topological polar surface area (TPSA) is 49.3 Å². The van der Waals surface area contributed by atoms with Gasteiger partial charge in [-0.15, -0.1) is 0 Å². The van der Waals surface area contributed by atoms with Crippen molar-refractivity contribution in [3.63, 3.8) is 0 Å². The zero-order valence-corrected chi connectivity index (χ0v) is 10.2. The molecule has 1 saturated carbocycles. The van der Waals surface area contributed by atoms with Gasteiger partial charge in [-0.05, 0) is 37.7 Å². The predicted octanol–water partition coefficient (Wildman–Crippen LogP) is 2.11. The molecule has 1 unspecified atom stereocenters. The molecule has 0 saturated heterocycles. The third kappa shape index (κ3) is 4.89. The molecule has 0 radical (unpaired) electrons. The van der Waals surface area contributed by atoms with Crippen molar-refractivity contribution in [1.29, 1.82) is 0 Å². The summed E-state index contributed by atoms with van der Waals surface area (Å²) in [5.41, 5.74) is 0. The summed E-state index contributed by atoms with van der Waals surface area (Å²) in [5.74, 6) is 0.360. The highest BCUT2D eigenvalue weighted by molar-refractivity contribution is 7.98. The fourth-order valence-electron chi connectivity index (χ4n) is 2.09. The lowest BCUT2D eigenvalue weighted by Gasteiger charge is -2.19. The summed E-state index contributed by atoms with van der Waals surface area (Å²) in [7, 11) is 0. The summed E-state index contributed by atoms with van der Waals surface area (Å²) < 4.78 is 0. The number of carboxylic acid groups (broad SMARTS) is 1. The monoisotopic (exact) mass is 231 g/mol. The second-order valence-corrected chi connectivity index (χ2v) is 5.16. The Bertz CT molecular complexity index is 193. The van der Waals surface area contributed by atoms with E-state index in [0.29, 0.717) is 6.04 Å². The van der Waals surface area contributed by atoms with E-state index in [0.717, 1.165) is 31.4 Å². The largest absolute Gasteiger partial charge is 0.480 e. The van der Waals surface area contributed by atoms with E-state index in [1.54, 1.807) is 11.8 Å². The van der Waals surface area contributed by atoms with Crippen molar-refractivity contribution in [2.45, 2.75) is 50.6 Å². The number of carboxylic acids is 1. The van der Waals surface area contributed by atoms with Crippen LogP contribution in [0.4, 0.5) is 0 Å². The van der Waals surface area contributed by atoms with E-state index in [9.17, 15) is 4.79 Å². The molecule has 0 aliphatic heterocycles. The van der Waals surface area contributed by atoms with E-state index in [1.807, 2.05) is 0 Å². The van der Waals surface area contributed by atoms with Crippen molar-refractivity contribution in [2.75, 3.05) is 12.0 Å². The highest BCUT2D eigenvalue weighted by Crippen LogP contribution is 2.19. The first kappa shape index (κ1) is 12.8. The van der Waals surface area contributed by atoms with Gasteiger partial charge in [0, 0.05) is 6.04 Å². The predicted molar refractivity (Wildman–Crippen MR) is 64.4 cm³/mol. The highest BCUT2D eigenvalue weighted by atomic mass is 32.2. The molecule has 0 amide bonds. The van der Waals surface area contributed by atoms with Crippen molar-refractivity contribution in [3.8, 4) is 0 Å². The SMILES string of the molecule is CSCCCC(NC1CCCC1)C(=O)O. The lowest BCUT2D eigenvalue weighted by atomic mass is 10.1. The number of hydrogen-bond acceptors (Lipinski definition) is 3. The second kappa shape index (κ2) is 7.12. The van der Waals surface area contributed by atoms with Gasteiger partial charge in [-0.3, -0.25) is 4.79 Å². The van der Waals surface area contributed by atoms with Crippen molar-refractivity contribution in [3.05, 3.63) is 0 Å². The lowest BCUT2D eigenvalue weighted by Crippen LogP contribution is -2.42. The summed E-state index contributed by atoms with van der Waals surface area (Å²) in [6, 6.07) is 0.112. The van der Waals surface area contributed by atoms with Gasteiger partial charge in [0.05, 0.1) is 0 Å². The summed E-state index contributed by atoms with van der Waals surface area (Å²) in [6.07, 6.45) is 8.58. The normalized spacial score (nSPS) is 19.3. The van der Waals surface area contributed by atoms with Crippen LogP contribution in [-0.4, -0.2) is 35.2 Å². The van der Waals surface area contributed by atoms with Gasteiger partial charge >= 0.3 is 5.97 Å². The number of carbonyl (C=O) groups is 1. The van der Waals surface area contributed by atoms with E-state index < -0.39 is 5.97 Å². The molecule has 1 aliphatic carbocycles. The lowest BCUT2D eigenvalue weighted by molar-refractivity contribution is -0.139. The van der Waals surface area contributed by atoms with Gasteiger partial charge in [-0.2, -0.15) is 11.8 Å². The van der Waals surface area contributed by atoms with Crippen LogP contribution >= 0.6 is 11.8 Å². The minimum Gasteiger partial charge on any atom is -0.480 e. The Balaban J connectivity index is 2.26. The van der Waals surface area contributed by atoms with E-state index >= 15 is 0 Å². The van der Waals surface area contributed by atoms with E-state index in [1.165, 1.54) is 12.8 Å². The van der Waals surface area contributed by atoms with Crippen LogP contribution in [0.15, 0.2) is 0 Å². The van der Waals surface area contributed by atoms with Crippen molar-refractivity contribution < 1.29 is 9.90 Å². The van der Waals surface area contributed by atoms with Crippen LogP contribution in [-0.2, 0) is 4.79 Å². The minimum absolute atomic E-state index is 0.333.